The van der Waals surface area contributed by atoms with Gasteiger partial charge >= 0.3 is 5.69 Å². The molecule has 25 heavy (non-hydrogen) atoms. The lowest BCUT2D eigenvalue weighted by Crippen LogP contribution is -2.41. The highest BCUT2D eigenvalue weighted by Gasteiger charge is 2.18. The molecule has 8 nitrogen and oxygen atoms in total. The van der Waals surface area contributed by atoms with Gasteiger partial charge in [0.25, 0.3) is 5.56 Å². The maximum atomic E-state index is 12.4. The molecule has 0 fully saturated rings. The fraction of sp³-hybridized carbons (Fsp3) is 0.706. The number of H-pyrrole nitrogens is 1. The van der Waals surface area contributed by atoms with E-state index in [9.17, 15) is 19.8 Å². The Kier molecular flexibility index (Phi) is 6.95. The van der Waals surface area contributed by atoms with Gasteiger partial charge in [-0.1, -0.05) is 32.1 Å². The lowest BCUT2D eigenvalue weighted by molar-refractivity contribution is 0.0823. The van der Waals surface area contributed by atoms with Crippen molar-refractivity contribution < 1.29 is 10.2 Å². The van der Waals surface area contributed by atoms with Crippen LogP contribution >= 0.6 is 0 Å². The van der Waals surface area contributed by atoms with Gasteiger partial charge in [-0.3, -0.25) is 9.36 Å². The van der Waals surface area contributed by atoms with Crippen LogP contribution in [0.15, 0.2) is 15.9 Å². The molecule has 140 valence electrons. The quantitative estimate of drug-likeness (QED) is 0.560. The minimum atomic E-state index is -1.13. The van der Waals surface area contributed by atoms with Crippen molar-refractivity contribution in [3.05, 3.63) is 27.2 Å². The molecule has 2 atom stereocenters. The number of aliphatic hydroxyl groups is 2. The second-order valence-electron chi connectivity index (χ2n) is 6.65. The van der Waals surface area contributed by atoms with Crippen molar-refractivity contribution in [2.45, 2.75) is 70.6 Å². The van der Waals surface area contributed by atoms with Crippen molar-refractivity contribution in [1.82, 2.24) is 19.1 Å². The van der Waals surface area contributed by atoms with Gasteiger partial charge in [0.15, 0.2) is 5.65 Å². The average Bonchev–Trinajstić information content (AvgIpc) is 3.05. The summed E-state index contributed by atoms with van der Waals surface area (Å²) in [5.41, 5.74) is -0.591. The molecule has 8 heteroatoms. The summed E-state index contributed by atoms with van der Waals surface area (Å²) in [4.78, 5) is 31.3. The summed E-state index contributed by atoms with van der Waals surface area (Å²) in [6, 6.07) is 0. The average molecular weight is 352 g/mol. The molecule has 0 radical (unpaired) electrons. The molecule has 0 amide bonds. The van der Waals surface area contributed by atoms with Crippen LogP contribution in [-0.4, -0.2) is 35.4 Å². The van der Waals surface area contributed by atoms with E-state index in [1.165, 1.54) is 17.9 Å². The summed E-state index contributed by atoms with van der Waals surface area (Å²) in [5, 5.41) is 19.5. The number of aromatic nitrogens is 4. The zero-order valence-electron chi connectivity index (χ0n) is 14.9. The standard InChI is InChI=1S/C17H28N4O4/c1-12(22)9-7-5-3-4-6-8-10-13(23)21-16(24)14-15(19-11-18-14)20(2)17(21)25/h11-13,22-23H,3-10H2,1-2H3,(H,18,19). The first-order chi connectivity index (χ1) is 11.9. The topological polar surface area (TPSA) is 113 Å². The molecular formula is C17H28N4O4. The van der Waals surface area contributed by atoms with Gasteiger partial charge in [0.2, 0.25) is 0 Å². The Morgan fingerprint density at radius 3 is 2.32 bits per heavy atom. The fourth-order valence-corrected chi connectivity index (χ4v) is 3.02. The third-order valence-corrected chi connectivity index (χ3v) is 4.49. The molecular weight excluding hydrogens is 324 g/mol. The number of nitrogens with one attached hydrogen (secondary N) is 1. The summed E-state index contributed by atoms with van der Waals surface area (Å²) in [6.07, 6.45) is 7.12. The minimum Gasteiger partial charge on any atom is -0.393 e. The zero-order chi connectivity index (χ0) is 18.4. The summed E-state index contributed by atoms with van der Waals surface area (Å²) in [6.45, 7) is 1.80. The van der Waals surface area contributed by atoms with E-state index in [1.807, 2.05) is 0 Å². The molecule has 0 aliphatic heterocycles. The second-order valence-corrected chi connectivity index (χ2v) is 6.65. The molecule has 0 aliphatic carbocycles. The highest BCUT2D eigenvalue weighted by atomic mass is 16.3. The van der Waals surface area contributed by atoms with Crippen LogP contribution in [0.4, 0.5) is 0 Å². The van der Waals surface area contributed by atoms with Crippen molar-refractivity contribution in [3.8, 4) is 0 Å². The van der Waals surface area contributed by atoms with Gasteiger partial charge in [-0.05, 0) is 26.2 Å². The summed E-state index contributed by atoms with van der Waals surface area (Å²) >= 11 is 0. The Balaban J connectivity index is 1.86. The van der Waals surface area contributed by atoms with E-state index in [0.29, 0.717) is 6.42 Å². The van der Waals surface area contributed by atoms with Gasteiger partial charge in [-0.25, -0.2) is 14.3 Å². The van der Waals surface area contributed by atoms with Crippen LogP contribution in [0.5, 0.6) is 0 Å². The largest absolute Gasteiger partial charge is 0.393 e. The van der Waals surface area contributed by atoms with Gasteiger partial charge in [0.05, 0.1) is 12.4 Å². The van der Waals surface area contributed by atoms with E-state index in [-0.39, 0.29) is 17.3 Å². The number of aliphatic hydroxyl groups excluding tert-OH is 2. The third kappa shape index (κ3) is 4.79. The van der Waals surface area contributed by atoms with E-state index in [0.717, 1.165) is 49.5 Å². The number of nitrogens with zero attached hydrogens (tertiary/aromatic N) is 3. The van der Waals surface area contributed by atoms with Crippen molar-refractivity contribution in [2.24, 2.45) is 7.05 Å². The molecule has 2 heterocycles. The van der Waals surface area contributed by atoms with E-state index in [1.54, 1.807) is 6.92 Å². The van der Waals surface area contributed by atoms with Crippen molar-refractivity contribution >= 4 is 11.2 Å². The van der Waals surface area contributed by atoms with Crippen LogP contribution in [0, 0.1) is 0 Å². The Morgan fingerprint density at radius 1 is 1.08 bits per heavy atom. The normalized spacial score (nSPS) is 14.1. The number of fused-ring (bicyclic) bond motifs is 1. The van der Waals surface area contributed by atoms with Crippen LogP contribution < -0.4 is 11.2 Å². The smallest absolute Gasteiger partial charge is 0.334 e. The predicted molar refractivity (Wildman–Crippen MR) is 95.5 cm³/mol. The van der Waals surface area contributed by atoms with Gasteiger partial charge in [0.1, 0.15) is 11.7 Å². The molecule has 0 spiro atoms. The Bertz CT molecular complexity index is 790. The lowest BCUT2D eigenvalue weighted by Gasteiger charge is -2.14. The van der Waals surface area contributed by atoms with Crippen molar-refractivity contribution in [3.63, 3.8) is 0 Å². The Morgan fingerprint density at radius 2 is 1.68 bits per heavy atom. The number of unbranched alkanes of at least 4 members (excludes halogenated alkanes) is 5. The van der Waals surface area contributed by atoms with Gasteiger partial charge < -0.3 is 15.2 Å². The summed E-state index contributed by atoms with van der Waals surface area (Å²) < 4.78 is 2.15. The van der Waals surface area contributed by atoms with Crippen LogP contribution in [0.25, 0.3) is 11.2 Å². The van der Waals surface area contributed by atoms with Gasteiger partial charge in [-0.2, -0.15) is 0 Å². The number of hydrogen-bond acceptors (Lipinski definition) is 5. The van der Waals surface area contributed by atoms with Crippen molar-refractivity contribution in [2.75, 3.05) is 0 Å². The monoisotopic (exact) mass is 352 g/mol. The SMILES string of the molecule is CC(O)CCCCCCCCC(O)n1c(=O)c2[nH]cnc2n(C)c1=O. The first-order valence-electron chi connectivity index (χ1n) is 8.94. The number of imidazole rings is 1. The Labute approximate surface area is 146 Å². The van der Waals surface area contributed by atoms with E-state index < -0.39 is 17.5 Å². The highest BCUT2D eigenvalue weighted by molar-refractivity contribution is 5.68. The maximum absolute atomic E-state index is 12.4. The highest BCUT2D eigenvalue weighted by Crippen LogP contribution is 2.14. The van der Waals surface area contributed by atoms with E-state index >= 15 is 0 Å². The molecule has 0 aliphatic rings. The molecule has 0 saturated heterocycles. The lowest BCUT2D eigenvalue weighted by atomic mass is 10.1. The molecule has 0 saturated carbocycles. The molecule has 2 rings (SSSR count). The summed E-state index contributed by atoms with van der Waals surface area (Å²) in [7, 11) is 1.53. The molecule has 3 N–H and O–H groups in total. The van der Waals surface area contributed by atoms with Crippen LogP contribution in [0.2, 0.25) is 0 Å². The molecule has 2 aromatic heterocycles. The molecule has 0 aromatic carbocycles. The van der Waals surface area contributed by atoms with Crippen LogP contribution in [0.3, 0.4) is 0 Å². The zero-order valence-corrected chi connectivity index (χ0v) is 14.9. The maximum Gasteiger partial charge on any atom is 0.334 e. The first kappa shape index (κ1) is 19.4. The minimum absolute atomic E-state index is 0.222. The fourth-order valence-electron chi connectivity index (χ4n) is 3.02. The van der Waals surface area contributed by atoms with Crippen molar-refractivity contribution in [1.29, 1.82) is 0 Å². The Hall–Kier alpha value is -1.93. The van der Waals surface area contributed by atoms with Gasteiger partial charge in [-0.15, -0.1) is 0 Å². The second kappa shape index (κ2) is 8.96. The number of aromatic amines is 1. The van der Waals surface area contributed by atoms with Crippen LogP contribution in [0.1, 0.15) is 64.5 Å². The van der Waals surface area contributed by atoms with Gasteiger partial charge in [0, 0.05) is 7.05 Å². The third-order valence-electron chi connectivity index (χ3n) is 4.49. The molecule has 2 unspecified atom stereocenters. The molecule has 2 aromatic rings. The number of rotatable bonds is 10. The summed E-state index contributed by atoms with van der Waals surface area (Å²) in [5.74, 6) is 0. The number of aryl methyl sites for hydroxylation is 1. The molecule has 0 bridgehead atoms. The first-order valence-corrected chi connectivity index (χ1v) is 8.94. The number of hydrogen-bond donors (Lipinski definition) is 3. The van der Waals surface area contributed by atoms with E-state index in [4.69, 9.17) is 0 Å². The van der Waals surface area contributed by atoms with Crippen LogP contribution in [-0.2, 0) is 7.05 Å². The van der Waals surface area contributed by atoms with E-state index in [2.05, 4.69) is 9.97 Å². The predicted octanol–water partition coefficient (Wildman–Crippen LogP) is 1.42.